The molecular weight excluding hydrogens is 338 g/mol. The van der Waals surface area contributed by atoms with E-state index >= 15 is 0 Å². The summed E-state index contributed by atoms with van der Waals surface area (Å²) < 4.78 is 8.33. The van der Waals surface area contributed by atoms with Gasteiger partial charge in [-0.2, -0.15) is 5.26 Å². The molecule has 1 aromatic rings. The molecule has 0 saturated carbocycles. The van der Waals surface area contributed by atoms with Crippen molar-refractivity contribution < 1.29 is 19.1 Å². The number of nitrogens with zero attached hydrogens (tertiary/aromatic N) is 1. The number of hydrogen-bond acceptors (Lipinski definition) is 5. The summed E-state index contributed by atoms with van der Waals surface area (Å²) in [4.78, 5) is 24.2. The molecule has 6 heteroatoms. The Morgan fingerprint density at radius 1 is 1.14 bits per heavy atom. The predicted octanol–water partition coefficient (Wildman–Crippen LogP) is 2.36. The van der Waals surface area contributed by atoms with Crippen molar-refractivity contribution in [2.75, 3.05) is 13.2 Å². The van der Waals surface area contributed by atoms with E-state index in [4.69, 9.17) is 14.7 Å². The number of esters is 2. The smallest absolute Gasteiger partial charge is 0.334 e. The molecule has 0 aliphatic heterocycles. The number of hydrogen-bond donors (Lipinski definition) is 0. The van der Waals surface area contributed by atoms with Crippen LogP contribution in [0.1, 0.15) is 25.0 Å². The summed E-state index contributed by atoms with van der Waals surface area (Å²) in [5, 5.41) is 8.77. The predicted molar refractivity (Wildman–Crippen MR) is 79.8 cm³/mol. The van der Waals surface area contributed by atoms with Crippen LogP contribution in [0.5, 0.6) is 0 Å². The maximum Gasteiger partial charge on any atom is 0.334 e. The highest BCUT2D eigenvalue weighted by molar-refractivity contribution is 9.10. The van der Waals surface area contributed by atoms with Gasteiger partial charge in [-0.1, -0.05) is 28.1 Å². The van der Waals surface area contributed by atoms with Crippen LogP contribution in [0.4, 0.5) is 0 Å². The van der Waals surface area contributed by atoms with Gasteiger partial charge in [0, 0.05) is 6.42 Å². The average Bonchev–Trinajstić information content (AvgIpc) is 2.48. The number of nitriles is 1. The third kappa shape index (κ3) is 4.30. The van der Waals surface area contributed by atoms with Gasteiger partial charge in [0.05, 0.1) is 24.8 Å². The summed E-state index contributed by atoms with van der Waals surface area (Å²) in [5.41, 5.74) is 1.22. The first kappa shape index (κ1) is 17.2. The standard InChI is InChI=1S/C15H16BrNO4/c1-3-20-13(18)15(16,14(19)21-4-2)9-11-5-7-12(10-17)8-6-11/h5-8H,3-4,9H2,1-2H3. The van der Waals surface area contributed by atoms with Crippen molar-refractivity contribution in [3.05, 3.63) is 35.4 Å². The third-order valence-corrected chi connectivity index (χ3v) is 3.66. The summed E-state index contributed by atoms with van der Waals surface area (Å²) in [6.45, 7) is 3.66. The Labute approximate surface area is 132 Å². The number of alkyl halides is 1. The van der Waals surface area contributed by atoms with Crippen molar-refractivity contribution >= 4 is 27.9 Å². The largest absolute Gasteiger partial charge is 0.464 e. The molecule has 0 aliphatic carbocycles. The second kappa shape index (κ2) is 7.79. The Bertz CT molecular complexity index is 530. The lowest BCUT2D eigenvalue weighted by Crippen LogP contribution is -2.45. The van der Waals surface area contributed by atoms with E-state index in [2.05, 4.69) is 15.9 Å². The van der Waals surface area contributed by atoms with E-state index in [0.717, 1.165) is 0 Å². The maximum absolute atomic E-state index is 12.1. The van der Waals surface area contributed by atoms with Crippen LogP contribution in [0.25, 0.3) is 0 Å². The molecule has 21 heavy (non-hydrogen) atoms. The van der Waals surface area contributed by atoms with Gasteiger partial charge in [0.1, 0.15) is 0 Å². The van der Waals surface area contributed by atoms with E-state index in [-0.39, 0.29) is 19.6 Å². The summed E-state index contributed by atoms with van der Waals surface area (Å²) in [6, 6.07) is 8.63. The molecule has 0 unspecified atom stereocenters. The first-order valence-electron chi connectivity index (χ1n) is 6.50. The molecule has 0 bridgehead atoms. The Hall–Kier alpha value is -1.87. The van der Waals surface area contributed by atoms with Gasteiger partial charge >= 0.3 is 11.9 Å². The average molecular weight is 354 g/mol. The fourth-order valence-corrected chi connectivity index (χ4v) is 2.25. The number of benzene rings is 1. The van der Waals surface area contributed by atoms with Crippen molar-refractivity contribution in [3.8, 4) is 6.07 Å². The fourth-order valence-electron chi connectivity index (χ4n) is 1.70. The molecule has 0 aliphatic rings. The highest BCUT2D eigenvalue weighted by Gasteiger charge is 2.46. The van der Waals surface area contributed by atoms with E-state index in [1.165, 1.54) is 0 Å². The van der Waals surface area contributed by atoms with Gasteiger partial charge in [0.2, 0.25) is 4.32 Å². The Kier molecular flexibility index (Phi) is 6.38. The number of carbonyl (C=O) groups excluding carboxylic acids is 2. The number of ether oxygens (including phenoxy) is 2. The molecule has 0 spiro atoms. The van der Waals surface area contributed by atoms with E-state index in [1.54, 1.807) is 38.1 Å². The van der Waals surface area contributed by atoms with Crippen LogP contribution in [0, 0.1) is 11.3 Å². The molecule has 0 atom stereocenters. The molecule has 0 N–H and O–H groups in total. The highest BCUT2D eigenvalue weighted by atomic mass is 79.9. The Balaban J connectivity index is 3.03. The van der Waals surface area contributed by atoms with Gasteiger partial charge in [0.25, 0.3) is 0 Å². The van der Waals surface area contributed by atoms with E-state index in [1.807, 2.05) is 6.07 Å². The fraction of sp³-hybridized carbons (Fsp3) is 0.400. The van der Waals surface area contributed by atoms with Crippen LogP contribution in [-0.2, 0) is 25.5 Å². The quantitative estimate of drug-likeness (QED) is 0.445. The van der Waals surface area contributed by atoms with Crippen LogP contribution in [-0.4, -0.2) is 29.5 Å². The molecule has 112 valence electrons. The SMILES string of the molecule is CCOC(=O)C(Br)(Cc1ccc(C#N)cc1)C(=O)OCC. The molecule has 1 aromatic carbocycles. The summed E-state index contributed by atoms with van der Waals surface area (Å²) in [7, 11) is 0. The lowest BCUT2D eigenvalue weighted by molar-refractivity contribution is -0.158. The van der Waals surface area contributed by atoms with Crippen LogP contribution >= 0.6 is 15.9 Å². The zero-order valence-corrected chi connectivity index (χ0v) is 13.5. The van der Waals surface area contributed by atoms with E-state index < -0.39 is 16.3 Å². The minimum Gasteiger partial charge on any atom is -0.464 e. The summed E-state index contributed by atoms with van der Waals surface area (Å²) in [6.07, 6.45) is 0.0797. The van der Waals surface area contributed by atoms with Crippen LogP contribution in [0.15, 0.2) is 24.3 Å². The molecular formula is C15H16BrNO4. The highest BCUT2D eigenvalue weighted by Crippen LogP contribution is 2.27. The van der Waals surface area contributed by atoms with Gasteiger partial charge in [0.15, 0.2) is 0 Å². The zero-order valence-electron chi connectivity index (χ0n) is 11.9. The van der Waals surface area contributed by atoms with Crippen LogP contribution < -0.4 is 0 Å². The molecule has 0 saturated heterocycles. The van der Waals surface area contributed by atoms with Gasteiger partial charge in [-0.3, -0.25) is 0 Å². The monoisotopic (exact) mass is 353 g/mol. The van der Waals surface area contributed by atoms with Gasteiger partial charge < -0.3 is 9.47 Å². The molecule has 0 aromatic heterocycles. The molecule has 1 rings (SSSR count). The van der Waals surface area contributed by atoms with Crippen molar-refractivity contribution in [1.29, 1.82) is 5.26 Å². The van der Waals surface area contributed by atoms with E-state index in [0.29, 0.717) is 11.1 Å². The molecule has 0 fully saturated rings. The van der Waals surface area contributed by atoms with Crippen molar-refractivity contribution in [1.82, 2.24) is 0 Å². The van der Waals surface area contributed by atoms with Crippen LogP contribution in [0.3, 0.4) is 0 Å². The minimum absolute atomic E-state index is 0.0797. The lowest BCUT2D eigenvalue weighted by atomic mass is 9.98. The second-order valence-electron chi connectivity index (χ2n) is 4.23. The van der Waals surface area contributed by atoms with E-state index in [9.17, 15) is 9.59 Å². The second-order valence-corrected chi connectivity index (χ2v) is 5.58. The van der Waals surface area contributed by atoms with Crippen LogP contribution in [0.2, 0.25) is 0 Å². The van der Waals surface area contributed by atoms with Crippen molar-refractivity contribution in [2.45, 2.75) is 24.6 Å². The van der Waals surface area contributed by atoms with Gasteiger partial charge in [-0.25, -0.2) is 9.59 Å². The molecule has 0 amide bonds. The summed E-state index contributed by atoms with van der Waals surface area (Å²) >= 11 is 3.18. The van der Waals surface area contributed by atoms with Crippen molar-refractivity contribution in [2.24, 2.45) is 0 Å². The molecule has 5 nitrogen and oxygen atoms in total. The normalized spacial score (nSPS) is 10.6. The Morgan fingerprint density at radius 2 is 1.62 bits per heavy atom. The van der Waals surface area contributed by atoms with Gasteiger partial charge in [-0.15, -0.1) is 0 Å². The molecule has 0 heterocycles. The first-order chi connectivity index (χ1) is 9.97. The van der Waals surface area contributed by atoms with Crippen molar-refractivity contribution in [3.63, 3.8) is 0 Å². The minimum atomic E-state index is -1.58. The van der Waals surface area contributed by atoms with Gasteiger partial charge in [-0.05, 0) is 31.5 Å². The number of carbonyl (C=O) groups is 2. The number of halogens is 1. The zero-order chi connectivity index (χ0) is 15.9. The first-order valence-corrected chi connectivity index (χ1v) is 7.29. The number of rotatable bonds is 6. The summed E-state index contributed by atoms with van der Waals surface area (Å²) in [5.74, 6) is -1.37. The Morgan fingerprint density at radius 3 is 2.00 bits per heavy atom. The molecule has 0 radical (unpaired) electrons. The maximum atomic E-state index is 12.1. The third-order valence-electron chi connectivity index (χ3n) is 2.73. The lowest BCUT2D eigenvalue weighted by Gasteiger charge is -2.23. The topological polar surface area (TPSA) is 76.4 Å².